The Kier molecular flexibility index (Phi) is 5.48. The van der Waals surface area contributed by atoms with E-state index in [0.717, 1.165) is 61.4 Å². The van der Waals surface area contributed by atoms with Gasteiger partial charge in [0.25, 0.3) is 5.56 Å². The van der Waals surface area contributed by atoms with Crippen LogP contribution in [-0.2, 0) is 11.3 Å². The number of aromatic nitrogens is 3. The molecule has 0 saturated carbocycles. The summed E-state index contributed by atoms with van der Waals surface area (Å²) >= 11 is 5.99. The van der Waals surface area contributed by atoms with Crippen molar-refractivity contribution in [1.29, 1.82) is 0 Å². The number of fused-ring (bicyclic) bond motifs is 1. The van der Waals surface area contributed by atoms with Crippen LogP contribution in [0.5, 0.6) is 0 Å². The van der Waals surface area contributed by atoms with E-state index in [4.69, 9.17) is 16.3 Å². The molecule has 0 amide bonds. The van der Waals surface area contributed by atoms with Crippen molar-refractivity contribution in [3.8, 4) is 11.1 Å². The largest absolute Gasteiger partial charge is 0.379 e. The molecule has 0 unspecified atom stereocenters. The van der Waals surface area contributed by atoms with E-state index < -0.39 is 0 Å². The molecule has 0 bridgehead atoms. The second kappa shape index (κ2) is 8.17. The van der Waals surface area contributed by atoms with Crippen molar-refractivity contribution in [2.45, 2.75) is 13.0 Å². The van der Waals surface area contributed by atoms with Crippen LogP contribution in [0, 0.1) is 0 Å². The second-order valence-electron chi connectivity index (χ2n) is 6.65. The fourth-order valence-corrected chi connectivity index (χ4v) is 3.46. The third kappa shape index (κ3) is 4.35. The molecular weight excluding hydrogens is 364 g/mol. The molecule has 0 radical (unpaired) electrons. The third-order valence-electron chi connectivity index (χ3n) is 4.80. The molecule has 0 atom stereocenters. The molecule has 1 aliphatic heterocycles. The minimum Gasteiger partial charge on any atom is -0.379 e. The van der Waals surface area contributed by atoms with Gasteiger partial charge in [0.1, 0.15) is 5.15 Å². The summed E-state index contributed by atoms with van der Waals surface area (Å²) in [5.74, 6) is 0. The molecular formula is C20H21ClN4O2. The first-order valence-corrected chi connectivity index (χ1v) is 9.50. The molecule has 3 aromatic heterocycles. The van der Waals surface area contributed by atoms with E-state index in [1.165, 1.54) is 0 Å². The highest BCUT2D eigenvalue weighted by Crippen LogP contribution is 2.22. The van der Waals surface area contributed by atoms with E-state index in [-0.39, 0.29) is 5.56 Å². The van der Waals surface area contributed by atoms with Crippen LogP contribution in [0.15, 0.2) is 47.5 Å². The number of ether oxygens (including phenoxy) is 1. The summed E-state index contributed by atoms with van der Waals surface area (Å²) in [6, 6.07) is 8.96. The van der Waals surface area contributed by atoms with Crippen LogP contribution in [0.3, 0.4) is 0 Å². The molecule has 0 N–H and O–H groups in total. The van der Waals surface area contributed by atoms with E-state index in [2.05, 4.69) is 14.9 Å². The molecule has 1 aliphatic rings. The SMILES string of the molecule is O=c1ccc(-c2cnc3ccc(Cl)nc3c2)cn1CCCN1CCOCC1. The Morgan fingerprint density at radius 2 is 1.89 bits per heavy atom. The first kappa shape index (κ1) is 18.1. The van der Waals surface area contributed by atoms with Crippen LogP contribution >= 0.6 is 11.6 Å². The van der Waals surface area contributed by atoms with Gasteiger partial charge in [-0.15, -0.1) is 0 Å². The first-order chi connectivity index (χ1) is 13.2. The zero-order valence-electron chi connectivity index (χ0n) is 15.0. The number of halogens is 1. The van der Waals surface area contributed by atoms with Crippen LogP contribution in [0.1, 0.15) is 6.42 Å². The minimum absolute atomic E-state index is 0.00986. The standard InChI is InChI=1S/C20H21ClN4O2/c21-19-4-3-17-18(23-19)12-16(13-22-17)15-2-5-20(26)25(14-15)7-1-6-24-8-10-27-11-9-24/h2-5,12-14H,1,6-11H2. The van der Waals surface area contributed by atoms with E-state index in [1.54, 1.807) is 22.9 Å². The van der Waals surface area contributed by atoms with Gasteiger partial charge < -0.3 is 9.30 Å². The molecule has 3 aromatic rings. The smallest absolute Gasteiger partial charge is 0.250 e. The summed E-state index contributed by atoms with van der Waals surface area (Å²) in [6.45, 7) is 5.18. The summed E-state index contributed by atoms with van der Waals surface area (Å²) in [5.41, 5.74) is 3.40. The molecule has 0 spiro atoms. The number of rotatable bonds is 5. The molecule has 4 heterocycles. The lowest BCUT2D eigenvalue weighted by atomic mass is 10.1. The Bertz CT molecular complexity index is 999. The molecule has 1 fully saturated rings. The Morgan fingerprint density at radius 3 is 2.74 bits per heavy atom. The van der Waals surface area contributed by atoms with Gasteiger partial charge in [0.15, 0.2) is 0 Å². The quantitative estimate of drug-likeness (QED) is 0.633. The predicted molar refractivity (Wildman–Crippen MR) is 106 cm³/mol. The lowest BCUT2D eigenvalue weighted by Crippen LogP contribution is -2.37. The fraction of sp³-hybridized carbons (Fsp3) is 0.350. The zero-order chi connectivity index (χ0) is 18.6. The van der Waals surface area contributed by atoms with E-state index in [1.807, 2.05) is 24.4 Å². The highest BCUT2D eigenvalue weighted by Gasteiger charge is 2.10. The average Bonchev–Trinajstić information content (AvgIpc) is 2.69. The summed E-state index contributed by atoms with van der Waals surface area (Å²) in [5, 5.41) is 0.439. The topological polar surface area (TPSA) is 60.2 Å². The third-order valence-corrected chi connectivity index (χ3v) is 5.01. The van der Waals surface area contributed by atoms with Crippen molar-refractivity contribution >= 4 is 22.6 Å². The van der Waals surface area contributed by atoms with Crippen LogP contribution in [0.2, 0.25) is 5.15 Å². The Morgan fingerprint density at radius 1 is 1.04 bits per heavy atom. The molecule has 0 aliphatic carbocycles. The highest BCUT2D eigenvalue weighted by atomic mass is 35.5. The van der Waals surface area contributed by atoms with Crippen molar-refractivity contribution in [2.75, 3.05) is 32.8 Å². The van der Waals surface area contributed by atoms with Crippen molar-refractivity contribution in [2.24, 2.45) is 0 Å². The minimum atomic E-state index is 0.00986. The van der Waals surface area contributed by atoms with Crippen LogP contribution < -0.4 is 5.56 Å². The number of aryl methyl sites for hydroxylation is 1. The van der Waals surface area contributed by atoms with Crippen LogP contribution in [0.25, 0.3) is 22.2 Å². The molecule has 0 aromatic carbocycles. The van der Waals surface area contributed by atoms with Gasteiger partial charge in [-0.2, -0.15) is 0 Å². The summed E-state index contributed by atoms with van der Waals surface area (Å²) in [6.07, 6.45) is 4.63. The fourth-order valence-electron chi connectivity index (χ4n) is 3.31. The maximum Gasteiger partial charge on any atom is 0.250 e. The average molecular weight is 385 g/mol. The monoisotopic (exact) mass is 384 g/mol. The second-order valence-corrected chi connectivity index (χ2v) is 7.04. The van der Waals surface area contributed by atoms with Gasteiger partial charge in [-0.05, 0) is 36.2 Å². The van der Waals surface area contributed by atoms with E-state index in [9.17, 15) is 4.79 Å². The molecule has 27 heavy (non-hydrogen) atoms. The normalized spacial score (nSPS) is 15.3. The first-order valence-electron chi connectivity index (χ1n) is 9.12. The van der Waals surface area contributed by atoms with Gasteiger partial charge >= 0.3 is 0 Å². The maximum absolute atomic E-state index is 12.2. The lowest BCUT2D eigenvalue weighted by Gasteiger charge is -2.26. The Hall–Kier alpha value is -2.28. The van der Waals surface area contributed by atoms with Gasteiger partial charge in [0.2, 0.25) is 0 Å². The van der Waals surface area contributed by atoms with Crippen molar-refractivity contribution in [3.05, 3.63) is 58.2 Å². The van der Waals surface area contributed by atoms with Gasteiger partial charge in [0.05, 0.1) is 24.2 Å². The van der Waals surface area contributed by atoms with Gasteiger partial charge in [-0.25, -0.2) is 4.98 Å². The number of pyridine rings is 3. The highest BCUT2D eigenvalue weighted by molar-refractivity contribution is 6.29. The Balaban J connectivity index is 1.52. The van der Waals surface area contributed by atoms with Crippen molar-refractivity contribution in [3.63, 3.8) is 0 Å². The summed E-state index contributed by atoms with van der Waals surface area (Å²) < 4.78 is 7.14. The molecule has 140 valence electrons. The van der Waals surface area contributed by atoms with Crippen LogP contribution in [-0.4, -0.2) is 52.3 Å². The number of nitrogens with zero attached hydrogens (tertiary/aromatic N) is 4. The summed E-state index contributed by atoms with van der Waals surface area (Å²) in [7, 11) is 0. The van der Waals surface area contributed by atoms with E-state index >= 15 is 0 Å². The Labute approximate surface area is 162 Å². The number of hydrogen-bond donors (Lipinski definition) is 0. The van der Waals surface area contributed by atoms with Gasteiger partial charge in [0, 0.05) is 50.2 Å². The van der Waals surface area contributed by atoms with Crippen molar-refractivity contribution < 1.29 is 4.74 Å². The predicted octanol–water partition coefficient (Wildman–Crippen LogP) is 2.83. The van der Waals surface area contributed by atoms with Crippen molar-refractivity contribution in [1.82, 2.24) is 19.4 Å². The molecule has 1 saturated heterocycles. The molecule has 6 nitrogen and oxygen atoms in total. The van der Waals surface area contributed by atoms with E-state index in [0.29, 0.717) is 11.7 Å². The van der Waals surface area contributed by atoms with Gasteiger partial charge in [-0.3, -0.25) is 14.7 Å². The zero-order valence-corrected chi connectivity index (χ0v) is 15.7. The van der Waals surface area contributed by atoms with Gasteiger partial charge in [-0.1, -0.05) is 11.6 Å². The number of morpholine rings is 1. The van der Waals surface area contributed by atoms with Crippen LogP contribution in [0.4, 0.5) is 0 Å². The molecule has 7 heteroatoms. The lowest BCUT2D eigenvalue weighted by molar-refractivity contribution is 0.0369. The number of hydrogen-bond acceptors (Lipinski definition) is 5. The molecule has 4 rings (SSSR count). The maximum atomic E-state index is 12.2. The summed E-state index contributed by atoms with van der Waals surface area (Å²) in [4.78, 5) is 23.4.